The zero-order chi connectivity index (χ0) is 13.1. The van der Waals surface area contributed by atoms with Gasteiger partial charge in [-0.05, 0) is 66.8 Å². The van der Waals surface area contributed by atoms with Crippen molar-refractivity contribution in [1.29, 1.82) is 0 Å². The summed E-state index contributed by atoms with van der Waals surface area (Å²) in [6.07, 6.45) is 5.50. The highest BCUT2D eigenvalue weighted by atomic mass is 15.0. The molecule has 0 bridgehead atoms. The number of nitrogens with one attached hydrogen (secondary N) is 2. The minimum absolute atomic E-state index is 0.238. The molecule has 2 N–H and O–H groups in total. The zero-order valence-corrected chi connectivity index (χ0v) is 12.7. The van der Waals surface area contributed by atoms with Gasteiger partial charge in [-0.15, -0.1) is 0 Å². The van der Waals surface area contributed by atoms with Gasteiger partial charge in [0.2, 0.25) is 0 Å². The fraction of sp³-hybridized carbons (Fsp3) is 1.00. The molecule has 1 saturated carbocycles. The summed E-state index contributed by atoms with van der Waals surface area (Å²) in [4.78, 5) is 0. The maximum absolute atomic E-state index is 3.80. The van der Waals surface area contributed by atoms with Crippen LogP contribution in [0.25, 0.3) is 0 Å². The van der Waals surface area contributed by atoms with Crippen LogP contribution in [0.4, 0.5) is 0 Å². The fourth-order valence-electron chi connectivity index (χ4n) is 2.64. The van der Waals surface area contributed by atoms with E-state index in [1.165, 1.54) is 25.7 Å². The van der Waals surface area contributed by atoms with E-state index in [-0.39, 0.29) is 11.1 Å². The molecule has 0 radical (unpaired) electrons. The van der Waals surface area contributed by atoms with Crippen molar-refractivity contribution in [3.05, 3.63) is 0 Å². The van der Waals surface area contributed by atoms with Crippen molar-refractivity contribution in [2.45, 2.75) is 84.3 Å². The molecule has 17 heavy (non-hydrogen) atoms. The number of hydrogen-bond donors (Lipinski definition) is 2. The second kappa shape index (κ2) is 5.71. The third-order valence-electron chi connectivity index (χ3n) is 3.42. The molecule has 2 unspecified atom stereocenters. The topological polar surface area (TPSA) is 24.1 Å². The molecule has 0 aromatic heterocycles. The molecule has 1 aliphatic rings. The lowest BCUT2D eigenvalue weighted by atomic mass is 9.82. The zero-order valence-electron chi connectivity index (χ0n) is 12.7. The van der Waals surface area contributed by atoms with Crippen LogP contribution in [0, 0.1) is 5.92 Å². The Labute approximate surface area is 108 Å². The van der Waals surface area contributed by atoms with Crippen LogP contribution in [0.15, 0.2) is 0 Å². The van der Waals surface area contributed by atoms with Crippen LogP contribution in [0.1, 0.15) is 67.2 Å². The minimum atomic E-state index is 0.238. The van der Waals surface area contributed by atoms with E-state index in [0.717, 1.165) is 12.5 Å². The molecular weight excluding hydrogens is 208 g/mol. The second-order valence-corrected chi connectivity index (χ2v) is 7.68. The molecule has 2 heteroatoms. The van der Waals surface area contributed by atoms with Crippen LogP contribution in [0.3, 0.4) is 0 Å². The van der Waals surface area contributed by atoms with Crippen molar-refractivity contribution in [3.8, 4) is 0 Å². The summed E-state index contributed by atoms with van der Waals surface area (Å²) in [6, 6.07) is 0.693. The molecular formula is C15H32N2. The lowest BCUT2D eigenvalue weighted by Crippen LogP contribution is -2.52. The van der Waals surface area contributed by atoms with Gasteiger partial charge in [0.25, 0.3) is 0 Å². The van der Waals surface area contributed by atoms with Gasteiger partial charge in [0.15, 0.2) is 0 Å². The van der Waals surface area contributed by atoms with Crippen molar-refractivity contribution < 1.29 is 0 Å². The molecule has 2 atom stereocenters. The summed E-state index contributed by atoms with van der Waals surface area (Å²) in [7, 11) is 0. The predicted octanol–water partition coefficient (Wildman–Crippen LogP) is 3.32. The van der Waals surface area contributed by atoms with Crippen molar-refractivity contribution in [2.24, 2.45) is 5.92 Å². The Morgan fingerprint density at radius 3 is 2.00 bits per heavy atom. The summed E-state index contributed by atoms with van der Waals surface area (Å²) < 4.78 is 0. The Kier molecular flexibility index (Phi) is 5.03. The number of rotatable bonds is 3. The summed E-state index contributed by atoms with van der Waals surface area (Å²) in [5, 5.41) is 7.47. The first kappa shape index (κ1) is 15.0. The summed E-state index contributed by atoms with van der Waals surface area (Å²) in [6.45, 7) is 14.7. The fourth-order valence-corrected chi connectivity index (χ4v) is 2.64. The molecule has 0 amide bonds. The lowest BCUT2D eigenvalue weighted by Gasteiger charge is -2.38. The highest BCUT2D eigenvalue weighted by Crippen LogP contribution is 2.26. The Morgan fingerprint density at radius 1 is 0.882 bits per heavy atom. The van der Waals surface area contributed by atoms with Crippen molar-refractivity contribution in [2.75, 3.05) is 6.54 Å². The smallest absolute Gasteiger partial charge is 0.0112 e. The van der Waals surface area contributed by atoms with Crippen LogP contribution in [-0.4, -0.2) is 23.7 Å². The third-order valence-corrected chi connectivity index (χ3v) is 3.42. The minimum Gasteiger partial charge on any atom is -0.312 e. The van der Waals surface area contributed by atoms with E-state index in [9.17, 15) is 0 Å². The van der Waals surface area contributed by atoms with E-state index in [1.807, 2.05) is 0 Å². The molecule has 0 saturated heterocycles. The summed E-state index contributed by atoms with van der Waals surface area (Å²) in [5.41, 5.74) is 0.478. The first-order valence-electron chi connectivity index (χ1n) is 7.20. The number of hydrogen-bond acceptors (Lipinski definition) is 2. The van der Waals surface area contributed by atoms with Crippen LogP contribution in [0.2, 0.25) is 0 Å². The van der Waals surface area contributed by atoms with Gasteiger partial charge in [0.1, 0.15) is 0 Å². The molecule has 0 aromatic rings. The normalized spacial score (nSPS) is 27.2. The maximum Gasteiger partial charge on any atom is 0.0112 e. The molecule has 0 heterocycles. The van der Waals surface area contributed by atoms with E-state index < -0.39 is 0 Å². The Hall–Kier alpha value is -0.0800. The van der Waals surface area contributed by atoms with E-state index in [2.05, 4.69) is 52.2 Å². The van der Waals surface area contributed by atoms with Gasteiger partial charge in [-0.1, -0.05) is 12.8 Å². The Balaban J connectivity index is 2.48. The third kappa shape index (κ3) is 6.42. The molecule has 1 rings (SSSR count). The van der Waals surface area contributed by atoms with Gasteiger partial charge < -0.3 is 10.6 Å². The van der Waals surface area contributed by atoms with E-state index in [1.54, 1.807) is 0 Å². The van der Waals surface area contributed by atoms with Gasteiger partial charge >= 0.3 is 0 Å². The average molecular weight is 240 g/mol. The molecule has 0 aromatic carbocycles. The lowest BCUT2D eigenvalue weighted by molar-refractivity contribution is 0.203. The monoisotopic (exact) mass is 240 g/mol. The van der Waals surface area contributed by atoms with Crippen LogP contribution < -0.4 is 10.6 Å². The largest absolute Gasteiger partial charge is 0.312 e. The SMILES string of the molecule is CC(C)(C)NCC1CCCCC1NC(C)(C)C. The highest BCUT2D eigenvalue weighted by Gasteiger charge is 2.28. The van der Waals surface area contributed by atoms with Crippen molar-refractivity contribution >= 4 is 0 Å². The maximum atomic E-state index is 3.80. The quantitative estimate of drug-likeness (QED) is 0.791. The Morgan fingerprint density at radius 2 is 1.47 bits per heavy atom. The van der Waals surface area contributed by atoms with E-state index in [4.69, 9.17) is 0 Å². The van der Waals surface area contributed by atoms with E-state index in [0.29, 0.717) is 6.04 Å². The summed E-state index contributed by atoms with van der Waals surface area (Å²) >= 11 is 0. The standard InChI is InChI=1S/C15H32N2/c1-14(2,3)16-11-12-9-7-8-10-13(12)17-15(4,5)6/h12-13,16-17H,7-11H2,1-6H3. The first-order chi connectivity index (χ1) is 7.67. The van der Waals surface area contributed by atoms with Crippen LogP contribution in [-0.2, 0) is 0 Å². The first-order valence-corrected chi connectivity index (χ1v) is 7.20. The van der Waals surface area contributed by atoms with Crippen LogP contribution in [0.5, 0.6) is 0 Å². The molecule has 102 valence electrons. The molecule has 2 nitrogen and oxygen atoms in total. The second-order valence-electron chi connectivity index (χ2n) is 7.68. The van der Waals surface area contributed by atoms with Gasteiger partial charge in [0, 0.05) is 17.1 Å². The molecule has 1 fully saturated rings. The predicted molar refractivity (Wildman–Crippen MR) is 76.4 cm³/mol. The Bertz CT molecular complexity index is 222. The van der Waals surface area contributed by atoms with Gasteiger partial charge in [-0.25, -0.2) is 0 Å². The van der Waals surface area contributed by atoms with Crippen molar-refractivity contribution in [3.63, 3.8) is 0 Å². The van der Waals surface area contributed by atoms with Crippen molar-refractivity contribution in [1.82, 2.24) is 10.6 Å². The summed E-state index contributed by atoms with van der Waals surface area (Å²) in [5.74, 6) is 0.794. The molecule has 0 spiro atoms. The van der Waals surface area contributed by atoms with E-state index >= 15 is 0 Å². The van der Waals surface area contributed by atoms with Gasteiger partial charge in [0.05, 0.1) is 0 Å². The average Bonchev–Trinajstić information content (AvgIpc) is 2.12. The molecule has 1 aliphatic carbocycles. The molecule has 0 aliphatic heterocycles. The van der Waals surface area contributed by atoms with Gasteiger partial charge in [-0.3, -0.25) is 0 Å². The van der Waals surface area contributed by atoms with Gasteiger partial charge in [-0.2, -0.15) is 0 Å². The van der Waals surface area contributed by atoms with Crippen LogP contribution >= 0.6 is 0 Å². The highest BCUT2D eigenvalue weighted by molar-refractivity contribution is 4.88.